The largest absolute Gasteiger partial charge is 0.466 e. The molecule has 6 heteroatoms. The average Bonchev–Trinajstić information content (AvgIpc) is 3.72. The van der Waals surface area contributed by atoms with Crippen molar-refractivity contribution in [3.8, 4) is 0 Å². The van der Waals surface area contributed by atoms with E-state index in [9.17, 15) is 19.8 Å². The summed E-state index contributed by atoms with van der Waals surface area (Å²) >= 11 is 0. The molecular formula is C84H165NO5. The molecule has 0 spiro atoms. The minimum absolute atomic E-state index is 0.0245. The molecule has 0 rings (SSSR count). The Morgan fingerprint density at radius 2 is 0.522 bits per heavy atom. The van der Waals surface area contributed by atoms with E-state index in [1.807, 2.05) is 0 Å². The van der Waals surface area contributed by atoms with Gasteiger partial charge in [0.25, 0.3) is 0 Å². The summed E-state index contributed by atoms with van der Waals surface area (Å²) in [6.07, 6.45) is 102. The molecule has 0 aromatic rings. The lowest BCUT2D eigenvalue weighted by Gasteiger charge is -2.22. The first-order valence-electron chi connectivity index (χ1n) is 41.9. The molecule has 90 heavy (non-hydrogen) atoms. The van der Waals surface area contributed by atoms with Gasteiger partial charge in [0.05, 0.1) is 25.4 Å². The van der Waals surface area contributed by atoms with Crippen molar-refractivity contribution in [2.24, 2.45) is 0 Å². The lowest BCUT2D eigenvalue weighted by molar-refractivity contribution is -0.143. The standard InChI is InChI=1S/C84H165NO5/c1-3-5-7-9-11-13-15-17-19-21-23-24-37-41-44-48-52-56-60-64-68-72-76-82(87)81(80-86)85-83(88)77-73-69-65-61-57-53-49-45-42-38-35-33-31-29-27-25-26-28-30-32-34-36-39-43-47-51-55-59-63-67-71-75-79-90-84(89)78-74-70-66-62-58-54-50-46-40-22-20-18-16-14-12-10-8-6-4-2/h28,30,81-82,86-87H,3-27,29,31-80H2,1-2H3,(H,85,88)/b30-28-. The second-order valence-electron chi connectivity index (χ2n) is 29.2. The van der Waals surface area contributed by atoms with E-state index in [0.717, 1.165) is 38.5 Å². The summed E-state index contributed by atoms with van der Waals surface area (Å²) < 4.78 is 5.52. The maximum atomic E-state index is 12.6. The molecule has 6 nitrogen and oxygen atoms in total. The monoisotopic (exact) mass is 1270 g/mol. The predicted octanol–water partition coefficient (Wildman–Crippen LogP) is 27.8. The van der Waals surface area contributed by atoms with Crippen molar-refractivity contribution in [1.29, 1.82) is 0 Å². The Kier molecular flexibility index (Phi) is 78.8. The van der Waals surface area contributed by atoms with Gasteiger partial charge in [-0.05, 0) is 51.4 Å². The van der Waals surface area contributed by atoms with Gasteiger partial charge >= 0.3 is 5.97 Å². The Morgan fingerprint density at radius 3 is 0.789 bits per heavy atom. The minimum atomic E-state index is -0.663. The number of allylic oxidation sites excluding steroid dienone is 2. The Balaban J connectivity index is 3.34. The normalized spacial score (nSPS) is 12.4. The van der Waals surface area contributed by atoms with Gasteiger partial charge in [-0.15, -0.1) is 0 Å². The third-order valence-corrected chi connectivity index (χ3v) is 20.1. The number of esters is 1. The third kappa shape index (κ3) is 75.6. The van der Waals surface area contributed by atoms with Gasteiger partial charge in [-0.3, -0.25) is 9.59 Å². The SMILES string of the molecule is CCCCCCCCCCCCCCCCCCCCCCCCC(O)C(CO)NC(=O)CCCCCCCCCCCCCCCCCC/C=C\CCCCCCCCCCCCCCOC(=O)CCCCCCCCCCCCCCCCCCCCC. The molecule has 0 aromatic heterocycles. The molecule has 0 aromatic carbocycles. The van der Waals surface area contributed by atoms with E-state index in [1.165, 1.54) is 417 Å². The van der Waals surface area contributed by atoms with Crippen molar-refractivity contribution >= 4 is 11.9 Å². The van der Waals surface area contributed by atoms with E-state index in [2.05, 4.69) is 31.3 Å². The smallest absolute Gasteiger partial charge is 0.305 e. The highest BCUT2D eigenvalue weighted by atomic mass is 16.5. The number of amides is 1. The number of nitrogens with one attached hydrogen (secondary N) is 1. The van der Waals surface area contributed by atoms with Crippen LogP contribution in [0.5, 0.6) is 0 Å². The van der Waals surface area contributed by atoms with Gasteiger partial charge in [0, 0.05) is 12.8 Å². The number of ether oxygens (including phenoxy) is 1. The Labute approximate surface area is 565 Å². The lowest BCUT2D eigenvalue weighted by atomic mass is 10.0. The van der Waals surface area contributed by atoms with E-state index in [-0.39, 0.29) is 18.5 Å². The van der Waals surface area contributed by atoms with Crippen molar-refractivity contribution in [3.05, 3.63) is 12.2 Å². The second-order valence-corrected chi connectivity index (χ2v) is 29.2. The third-order valence-electron chi connectivity index (χ3n) is 20.1. The van der Waals surface area contributed by atoms with Crippen LogP contribution >= 0.6 is 0 Å². The number of hydrogen-bond donors (Lipinski definition) is 3. The van der Waals surface area contributed by atoms with Gasteiger partial charge in [0.1, 0.15) is 0 Å². The molecule has 0 aliphatic rings. The summed E-state index contributed by atoms with van der Waals surface area (Å²) in [5.41, 5.74) is 0. The van der Waals surface area contributed by atoms with Crippen LogP contribution in [-0.2, 0) is 14.3 Å². The summed E-state index contributed by atoms with van der Waals surface area (Å²) in [5.74, 6) is -0.00168. The van der Waals surface area contributed by atoms with Crippen molar-refractivity contribution in [3.63, 3.8) is 0 Å². The van der Waals surface area contributed by atoms with Gasteiger partial charge in [-0.25, -0.2) is 0 Å². The molecule has 0 saturated heterocycles. The number of hydrogen-bond acceptors (Lipinski definition) is 5. The number of unbranched alkanes of at least 4 members (excludes halogenated alkanes) is 67. The number of rotatable bonds is 80. The quantitative estimate of drug-likeness (QED) is 0.0320. The molecule has 0 saturated carbocycles. The highest BCUT2D eigenvalue weighted by Gasteiger charge is 2.20. The molecule has 2 atom stereocenters. The van der Waals surface area contributed by atoms with E-state index < -0.39 is 12.1 Å². The lowest BCUT2D eigenvalue weighted by Crippen LogP contribution is -2.45. The van der Waals surface area contributed by atoms with Crippen LogP contribution in [-0.4, -0.2) is 47.4 Å². The maximum Gasteiger partial charge on any atom is 0.305 e. The summed E-state index contributed by atoms with van der Waals surface area (Å²) in [4.78, 5) is 24.7. The highest BCUT2D eigenvalue weighted by molar-refractivity contribution is 5.76. The summed E-state index contributed by atoms with van der Waals surface area (Å²) in [6, 6.07) is -0.540. The van der Waals surface area contributed by atoms with Crippen LogP contribution in [0.15, 0.2) is 12.2 Å². The second kappa shape index (κ2) is 80.0. The van der Waals surface area contributed by atoms with Crippen LogP contribution in [0.25, 0.3) is 0 Å². The number of aliphatic hydroxyl groups excluding tert-OH is 2. The van der Waals surface area contributed by atoms with E-state index in [0.29, 0.717) is 25.9 Å². The van der Waals surface area contributed by atoms with Crippen molar-refractivity contribution < 1.29 is 24.5 Å². The summed E-state index contributed by atoms with van der Waals surface area (Å²) in [7, 11) is 0. The molecule has 1 amide bonds. The Morgan fingerprint density at radius 1 is 0.300 bits per heavy atom. The van der Waals surface area contributed by atoms with Gasteiger partial charge in [0.15, 0.2) is 0 Å². The minimum Gasteiger partial charge on any atom is -0.466 e. The number of carbonyl (C=O) groups is 2. The first-order chi connectivity index (χ1) is 44.5. The predicted molar refractivity (Wildman–Crippen MR) is 398 cm³/mol. The summed E-state index contributed by atoms with van der Waals surface area (Å²) in [6.45, 7) is 5.02. The van der Waals surface area contributed by atoms with Crippen LogP contribution in [0.3, 0.4) is 0 Å². The first kappa shape index (κ1) is 88.6. The Hall–Kier alpha value is -1.40. The summed E-state index contributed by atoms with van der Waals surface area (Å²) in [5, 5.41) is 23.5. The van der Waals surface area contributed by atoms with Crippen LogP contribution in [0.4, 0.5) is 0 Å². The Bertz CT molecular complexity index is 1370. The zero-order valence-electron chi connectivity index (χ0n) is 61.7. The van der Waals surface area contributed by atoms with E-state index in [4.69, 9.17) is 4.74 Å². The zero-order chi connectivity index (χ0) is 64.9. The van der Waals surface area contributed by atoms with Crippen LogP contribution < -0.4 is 5.32 Å². The van der Waals surface area contributed by atoms with Gasteiger partial charge in [-0.1, -0.05) is 437 Å². The van der Waals surface area contributed by atoms with Gasteiger partial charge in [-0.2, -0.15) is 0 Å². The first-order valence-corrected chi connectivity index (χ1v) is 41.9. The van der Waals surface area contributed by atoms with Crippen LogP contribution in [0, 0.1) is 0 Å². The zero-order valence-corrected chi connectivity index (χ0v) is 61.7. The average molecular weight is 1270 g/mol. The fourth-order valence-corrected chi connectivity index (χ4v) is 13.7. The molecule has 2 unspecified atom stereocenters. The number of carbonyl (C=O) groups excluding carboxylic acids is 2. The van der Waals surface area contributed by atoms with Gasteiger partial charge < -0.3 is 20.3 Å². The molecule has 0 heterocycles. The van der Waals surface area contributed by atoms with Crippen LogP contribution in [0.2, 0.25) is 0 Å². The van der Waals surface area contributed by atoms with E-state index >= 15 is 0 Å². The molecule has 0 aliphatic heterocycles. The molecule has 536 valence electrons. The topological polar surface area (TPSA) is 95.9 Å². The van der Waals surface area contributed by atoms with Crippen LogP contribution in [0.1, 0.15) is 489 Å². The molecule has 0 aliphatic carbocycles. The highest BCUT2D eigenvalue weighted by Crippen LogP contribution is 2.21. The fraction of sp³-hybridized carbons (Fsp3) is 0.952. The molecule has 0 radical (unpaired) electrons. The molecular weight excluding hydrogens is 1100 g/mol. The van der Waals surface area contributed by atoms with Gasteiger partial charge in [0.2, 0.25) is 5.91 Å². The molecule has 0 bridgehead atoms. The molecule has 0 fully saturated rings. The number of aliphatic hydroxyl groups is 2. The van der Waals surface area contributed by atoms with Crippen molar-refractivity contribution in [1.82, 2.24) is 5.32 Å². The fourth-order valence-electron chi connectivity index (χ4n) is 13.7. The maximum absolute atomic E-state index is 12.6. The molecule has 3 N–H and O–H groups in total. The van der Waals surface area contributed by atoms with Crippen molar-refractivity contribution in [2.45, 2.75) is 501 Å². The van der Waals surface area contributed by atoms with E-state index in [1.54, 1.807) is 0 Å². The van der Waals surface area contributed by atoms with Crippen molar-refractivity contribution in [2.75, 3.05) is 13.2 Å².